The molecule has 0 aliphatic rings. The molecule has 120 valence electrons. The van der Waals surface area contributed by atoms with Gasteiger partial charge in [-0.15, -0.1) is 11.6 Å². The topological polar surface area (TPSA) is 64.7 Å². The number of rotatable bonds is 5. The summed E-state index contributed by atoms with van der Waals surface area (Å²) in [7, 11) is 0. The number of hydrogen-bond donors (Lipinski definition) is 1. The number of carbonyl (C=O) groups is 1. The minimum atomic E-state index is -0.320. The molecule has 0 spiro atoms. The summed E-state index contributed by atoms with van der Waals surface area (Å²) < 4.78 is 5.17. The average molecular weight is 331 g/mol. The zero-order chi connectivity index (χ0) is 16.8. The number of aliphatic imine (C=N–C) groups is 1. The van der Waals surface area contributed by atoms with Crippen LogP contribution in [-0.2, 0) is 4.74 Å². The van der Waals surface area contributed by atoms with Gasteiger partial charge in [0.05, 0.1) is 23.2 Å². The van der Waals surface area contributed by atoms with E-state index in [9.17, 15) is 4.79 Å². The summed E-state index contributed by atoms with van der Waals surface area (Å²) in [5.41, 5.74) is 8.89. The van der Waals surface area contributed by atoms with Gasteiger partial charge in [-0.3, -0.25) is 0 Å². The molecule has 0 bridgehead atoms. The quantitative estimate of drug-likeness (QED) is 0.387. The van der Waals surface area contributed by atoms with Crippen LogP contribution in [-0.4, -0.2) is 23.8 Å². The van der Waals surface area contributed by atoms with E-state index in [1.54, 1.807) is 12.1 Å². The lowest BCUT2D eigenvalue weighted by Gasteiger charge is -2.08. The standard InChI is InChI=1S/C18H19ClN2O2/c1-12(2)23-18(22)14-8-6-13(7-9-14)15-4-3-5-16(10-15)21-17(20)11-19/h3-10,12H,11H2,1-2H3,(H2,20,21). The van der Waals surface area contributed by atoms with Gasteiger partial charge in [0, 0.05) is 0 Å². The van der Waals surface area contributed by atoms with Crippen LogP contribution in [0.2, 0.25) is 0 Å². The Balaban J connectivity index is 2.23. The van der Waals surface area contributed by atoms with Crippen LogP contribution in [0.3, 0.4) is 0 Å². The summed E-state index contributed by atoms with van der Waals surface area (Å²) in [4.78, 5) is 16.1. The fourth-order valence-corrected chi connectivity index (χ4v) is 2.09. The van der Waals surface area contributed by atoms with Crippen molar-refractivity contribution >= 4 is 29.1 Å². The average Bonchev–Trinajstić information content (AvgIpc) is 2.54. The molecule has 5 heteroatoms. The molecule has 0 saturated carbocycles. The summed E-state index contributed by atoms with van der Waals surface area (Å²) >= 11 is 5.64. The molecular weight excluding hydrogens is 312 g/mol. The highest BCUT2D eigenvalue weighted by Gasteiger charge is 2.09. The van der Waals surface area contributed by atoms with Crippen molar-refractivity contribution in [3.63, 3.8) is 0 Å². The van der Waals surface area contributed by atoms with Gasteiger partial charge in [0.2, 0.25) is 0 Å². The predicted octanol–water partition coefficient (Wildman–Crippen LogP) is 4.15. The highest BCUT2D eigenvalue weighted by molar-refractivity contribution is 6.28. The second-order valence-corrected chi connectivity index (χ2v) is 5.59. The Hall–Kier alpha value is -2.33. The van der Waals surface area contributed by atoms with E-state index in [0.717, 1.165) is 16.8 Å². The third-order valence-electron chi connectivity index (χ3n) is 3.05. The molecule has 0 aliphatic carbocycles. The van der Waals surface area contributed by atoms with Crippen LogP contribution in [0, 0.1) is 0 Å². The summed E-state index contributed by atoms with van der Waals surface area (Å²) in [5, 5.41) is 0. The first-order valence-electron chi connectivity index (χ1n) is 7.30. The summed E-state index contributed by atoms with van der Waals surface area (Å²) in [5.74, 6) is 0.243. The zero-order valence-electron chi connectivity index (χ0n) is 13.1. The minimum absolute atomic E-state index is 0.135. The number of esters is 1. The van der Waals surface area contributed by atoms with Crippen LogP contribution in [0.4, 0.5) is 5.69 Å². The first-order chi connectivity index (χ1) is 11.0. The largest absolute Gasteiger partial charge is 0.459 e. The van der Waals surface area contributed by atoms with Crippen molar-refractivity contribution in [3.8, 4) is 11.1 Å². The van der Waals surface area contributed by atoms with Gasteiger partial charge in [-0.05, 0) is 49.2 Å². The van der Waals surface area contributed by atoms with E-state index in [2.05, 4.69) is 4.99 Å². The van der Waals surface area contributed by atoms with Crippen LogP contribution in [0.25, 0.3) is 11.1 Å². The molecule has 2 aromatic rings. The normalized spacial score (nSPS) is 11.6. The molecule has 0 saturated heterocycles. The van der Waals surface area contributed by atoms with Gasteiger partial charge in [-0.1, -0.05) is 24.3 Å². The third-order valence-corrected chi connectivity index (χ3v) is 3.33. The molecule has 0 fully saturated rings. The maximum Gasteiger partial charge on any atom is 0.338 e. The number of nitrogens with zero attached hydrogens (tertiary/aromatic N) is 1. The van der Waals surface area contributed by atoms with Gasteiger partial charge in [0.25, 0.3) is 0 Å². The van der Waals surface area contributed by atoms with Crippen molar-refractivity contribution in [3.05, 3.63) is 54.1 Å². The predicted molar refractivity (Wildman–Crippen MR) is 94.4 cm³/mol. The van der Waals surface area contributed by atoms with Gasteiger partial charge in [-0.2, -0.15) is 0 Å². The monoisotopic (exact) mass is 330 g/mol. The number of amidine groups is 1. The molecule has 0 amide bonds. The Kier molecular flexibility index (Phi) is 5.77. The molecule has 2 rings (SSSR count). The zero-order valence-corrected chi connectivity index (χ0v) is 13.9. The van der Waals surface area contributed by atoms with Gasteiger partial charge in [-0.25, -0.2) is 9.79 Å². The number of carbonyl (C=O) groups excluding carboxylic acids is 1. The van der Waals surface area contributed by atoms with Crippen molar-refractivity contribution in [2.75, 3.05) is 5.88 Å². The Labute approximate surface area is 140 Å². The Morgan fingerprint density at radius 3 is 2.48 bits per heavy atom. The molecule has 4 nitrogen and oxygen atoms in total. The van der Waals surface area contributed by atoms with Gasteiger partial charge in [0.15, 0.2) is 0 Å². The van der Waals surface area contributed by atoms with Crippen LogP contribution in [0.1, 0.15) is 24.2 Å². The van der Waals surface area contributed by atoms with Crippen molar-refractivity contribution in [1.29, 1.82) is 0 Å². The van der Waals surface area contributed by atoms with Crippen molar-refractivity contribution in [1.82, 2.24) is 0 Å². The van der Waals surface area contributed by atoms with Crippen LogP contribution >= 0.6 is 11.6 Å². The van der Waals surface area contributed by atoms with Gasteiger partial charge < -0.3 is 10.5 Å². The smallest absolute Gasteiger partial charge is 0.338 e. The van der Waals surface area contributed by atoms with Gasteiger partial charge >= 0.3 is 5.97 Å². The Bertz CT molecular complexity index is 709. The van der Waals surface area contributed by atoms with E-state index >= 15 is 0 Å². The van der Waals surface area contributed by atoms with Gasteiger partial charge in [0.1, 0.15) is 5.84 Å². The minimum Gasteiger partial charge on any atom is -0.459 e. The Morgan fingerprint density at radius 2 is 1.87 bits per heavy atom. The van der Waals surface area contributed by atoms with E-state index in [1.807, 2.05) is 50.2 Å². The van der Waals surface area contributed by atoms with E-state index in [4.69, 9.17) is 22.1 Å². The number of benzene rings is 2. The number of nitrogens with two attached hydrogens (primary N) is 1. The molecule has 0 atom stereocenters. The highest BCUT2D eigenvalue weighted by atomic mass is 35.5. The molecule has 2 aromatic carbocycles. The van der Waals surface area contributed by atoms with E-state index in [0.29, 0.717) is 11.4 Å². The lowest BCUT2D eigenvalue weighted by atomic mass is 10.0. The lowest BCUT2D eigenvalue weighted by Crippen LogP contribution is -2.12. The van der Waals surface area contributed by atoms with Crippen molar-refractivity contribution < 1.29 is 9.53 Å². The van der Waals surface area contributed by atoms with E-state index < -0.39 is 0 Å². The highest BCUT2D eigenvalue weighted by Crippen LogP contribution is 2.24. The maximum absolute atomic E-state index is 11.8. The van der Waals surface area contributed by atoms with Crippen LogP contribution in [0.5, 0.6) is 0 Å². The molecule has 23 heavy (non-hydrogen) atoms. The second kappa shape index (κ2) is 7.79. The molecule has 0 heterocycles. The molecule has 0 unspecified atom stereocenters. The SMILES string of the molecule is CC(C)OC(=O)c1ccc(-c2cccc(N=C(N)CCl)c2)cc1. The molecule has 0 aromatic heterocycles. The number of ether oxygens (including phenoxy) is 1. The second-order valence-electron chi connectivity index (χ2n) is 5.32. The van der Waals surface area contributed by atoms with Crippen LogP contribution in [0.15, 0.2) is 53.5 Å². The summed E-state index contributed by atoms with van der Waals surface area (Å²) in [6.45, 7) is 3.65. The summed E-state index contributed by atoms with van der Waals surface area (Å²) in [6, 6.07) is 14.9. The molecule has 0 aliphatic heterocycles. The number of halogens is 1. The number of alkyl halides is 1. The van der Waals surface area contributed by atoms with Crippen molar-refractivity contribution in [2.24, 2.45) is 10.7 Å². The lowest BCUT2D eigenvalue weighted by molar-refractivity contribution is 0.0378. The first-order valence-corrected chi connectivity index (χ1v) is 7.83. The Morgan fingerprint density at radius 1 is 1.17 bits per heavy atom. The molecule has 2 N–H and O–H groups in total. The fourth-order valence-electron chi connectivity index (χ4n) is 2.03. The maximum atomic E-state index is 11.8. The molecule has 0 radical (unpaired) electrons. The van der Waals surface area contributed by atoms with Crippen LogP contribution < -0.4 is 5.73 Å². The summed E-state index contributed by atoms with van der Waals surface area (Å²) in [6.07, 6.45) is -0.135. The van der Waals surface area contributed by atoms with E-state index in [-0.39, 0.29) is 18.0 Å². The van der Waals surface area contributed by atoms with E-state index in [1.165, 1.54) is 0 Å². The number of hydrogen-bond acceptors (Lipinski definition) is 3. The van der Waals surface area contributed by atoms with Crippen molar-refractivity contribution in [2.45, 2.75) is 20.0 Å². The fraction of sp³-hybridized carbons (Fsp3) is 0.222. The molecular formula is C18H19ClN2O2. The first kappa shape index (κ1) is 17.0. The third kappa shape index (κ3) is 4.83.